The first-order valence-corrected chi connectivity index (χ1v) is 11.1. The predicted octanol–water partition coefficient (Wildman–Crippen LogP) is 5.36. The van der Waals surface area contributed by atoms with Gasteiger partial charge in [-0.05, 0) is 66.5 Å². The van der Waals surface area contributed by atoms with E-state index in [-0.39, 0.29) is 0 Å². The van der Waals surface area contributed by atoms with Gasteiger partial charge in [-0.2, -0.15) is 5.10 Å². The van der Waals surface area contributed by atoms with E-state index in [9.17, 15) is 0 Å². The zero-order chi connectivity index (χ0) is 22.8. The molecule has 0 saturated heterocycles. The molecule has 0 amide bonds. The zero-order valence-corrected chi connectivity index (χ0v) is 19.4. The molecule has 5 nitrogen and oxygen atoms in total. The Bertz CT molecular complexity index is 1110. The molecule has 3 rings (SSSR count). The van der Waals surface area contributed by atoms with Crippen molar-refractivity contribution < 1.29 is 9.47 Å². The molecule has 0 bridgehead atoms. The molecule has 3 aromatic rings. The van der Waals surface area contributed by atoms with Crippen LogP contribution in [-0.4, -0.2) is 24.5 Å². The van der Waals surface area contributed by atoms with E-state index < -0.39 is 0 Å². The average molecular weight is 448 g/mol. The van der Waals surface area contributed by atoms with Crippen molar-refractivity contribution in [3.8, 4) is 11.5 Å². The van der Waals surface area contributed by atoms with Gasteiger partial charge < -0.3 is 14.8 Å². The Balaban J connectivity index is 1.88. The van der Waals surface area contributed by atoms with Crippen LogP contribution in [0.1, 0.15) is 30.5 Å². The monoisotopic (exact) mass is 447 g/mol. The van der Waals surface area contributed by atoms with Gasteiger partial charge in [-0.25, -0.2) is 0 Å². The van der Waals surface area contributed by atoms with Gasteiger partial charge in [0.15, 0.2) is 16.6 Å². The van der Waals surface area contributed by atoms with Crippen LogP contribution in [0.25, 0.3) is 10.8 Å². The Labute approximate surface area is 195 Å². The Morgan fingerprint density at radius 2 is 1.88 bits per heavy atom. The topological polar surface area (TPSA) is 54.9 Å². The molecule has 0 heterocycles. The molecule has 0 radical (unpaired) electrons. The molecular weight excluding hydrogens is 418 g/mol. The molecule has 32 heavy (non-hydrogen) atoms. The van der Waals surface area contributed by atoms with Crippen molar-refractivity contribution in [2.24, 2.45) is 5.10 Å². The summed E-state index contributed by atoms with van der Waals surface area (Å²) in [6.45, 7) is 9.54. The van der Waals surface area contributed by atoms with Gasteiger partial charge >= 0.3 is 0 Å². The third kappa shape index (κ3) is 6.08. The van der Waals surface area contributed by atoms with Gasteiger partial charge in [0.2, 0.25) is 0 Å². The molecule has 0 spiro atoms. The van der Waals surface area contributed by atoms with Gasteiger partial charge in [0.1, 0.15) is 6.61 Å². The third-order valence-electron chi connectivity index (χ3n) is 4.79. The van der Waals surface area contributed by atoms with Crippen molar-refractivity contribution in [2.45, 2.75) is 26.9 Å². The number of hydrogen-bond donors (Lipinski definition) is 2. The Kier molecular flexibility index (Phi) is 8.63. The van der Waals surface area contributed by atoms with Gasteiger partial charge in [0, 0.05) is 12.1 Å². The molecule has 0 atom stereocenters. The number of hydrogen-bond acceptors (Lipinski definition) is 4. The highest BCUT2D eigenvalue weighted by atomic mass is 32.1. The number of thiocarbonyl (C=S) groups is 1. The average Bonchev–Trinajstić information content (AvgIpc) is 2.79. The van der Waals surface area contributed by atoms with E-state index >= 15 is 0 Å². The van der Waals surface area contributed by atoms with Crippen LogP contribution in [-0.2, 0) is 13.0 Å². The second kappa shape index (κ2) is 11.9. The highest BCUT2D eigenvalue weighted by Crippen LogP contribution is 2.34. The lowest BCUT2D eigenvalue weighted by Gasteiger charge is -2.17. The van der Waals surface area contributed by atoms with E-state index in [1.54, 1.807) is 6.21 Å². The van der Waals surface area contributed by atoms with Crippen LogP contribution in [0.2, 0.25) is 0 Å². The van der Waals surface area contributed by atoms with E-state index in [0.717, 1.165) is 29.0 Å². The first-order chi connectivity index (χ1) is 15.7. The number of ether oxygens (including phenoxy) is 2. The summed E-state index contributed by atoms with van der Waals surface area (Å²) in [6, 6.07) is 18.5. The molecule has 3 aromatic carbocycles. The minimum Gasteiger partial charge on any atom is -0.490 e. The quantitative estimate of drug-likeness (QED) is 0.190. The fourth-order valence-electron chi connectivity index (χ4n) is 3.43. The second-order valence-corrected chi connectivity index (χ2v) is 7.50. The van der Waals surface area contributed by atoms with Crippen LogP contribution in [0.3, 0.4) is 0 Å². The van der Waals surface area contributed by atoms with Crippen LogP contribution in [0, 0.1) is 0 Å². The molecular formula is C26H29N3O2S. The van der Waals surface area contributed by atoms with E-state index in [1.807, 2.05) is 44.2 Å². The summed E-state index contributed by atoms with van der Waals surface area (Å²) in [4.78, 5) is 0. The van der Waals surface area contributed by atoms with Crippen LogP contribution >= 0.6 is 12.2 Å². The van der Waals surface area contributed by atoms with Crippen LogP contribution in [0.5, 0.6) is 11.5 Å². The maximum Gasteiger partial charge on any atom is 0.186 e. The third-order valence-corrected chi connectivity index (χ3v) is 5.02. The highest BCUT2D eigenvalue weighted by Gasteiger charge is 2.14. The van der Waals surface area contributed by atoms with E-state index in [0.29, 0.717) is 30.5 Å². The molecule has 2 N–H and O–H groups in total. The van der Waals surface area contributed by atoms with Crippen molar-refractivity contribution in [2.75, 3.05) is 13.2 Å². The SMILES string of the molecule is C=CCc1cc(C=NNC(=S)NCC)cc(OCC)c1OCc1cccc2ccccc12. The number of allylic oxidation sites excluding steroid dienone is 1. The highest BCUT2D eigenvalue weighted by molar-refractivity contribution is 7.80. The fraction of sp³-hybridized carbons (Fsp3) is 0.231. The first kappa shape index (κ1) is 23.3. The molecule has 0 aliphatic rings. The molecule has 0 aliphatic carbocycles. The lowest BCUT2D eigenvalue weighted by Crippen LogP contribution is -2.31. The van der Waals surface area contributed by atoms with Crippen LogP contribution < -0.4 is 20.2 Å². The summed E-state index contributed by atoms with van der Waals surface area (Å²) >= 11 is 5.14. The number of nitrogens with one attached hydrogen (secondary N) is 2. The molecule has 6 heteroatoms. The summed E-state index contributed by atoms with van der Waals surface area (Å²) in [5.74, 6) is 1.41. The van der Waals surface area contributed by atoms with Crippen LogP contribution in [0.4, 0.5) is 0 Å². The molecule has 0 fully saturated rings. The molecule has 0 saturated carbocycles. The minimum atomic E-state index is 0.442. The van der Waals surface area contributed by atoms with E-state index in [4.69, 9.17) is 21.7 Å². The maximum absolute atomic E-state index is 6.33. The van der Waals surface area contributed by atoms with Gasteiger partial charge in [0.05, 0.1) is 12.8 Å². The zero-order valence-electron chi connectivity index (χ0n) is 18.6. The van der Waals surface area contributed by atoms with Crippen molar-refractivity contribution in [3.63, 3.8) is 0 Å². The summed E-state index contributed by atoms with van der Waals surface area (Å²) < 4.78 is 12.3. The lowest BCUT2D eigenvalue weighted by atomic mass is 10.0. The first-order valence-electron chi connectivity index (χ1n) is 10.7. The van der Waals surface area contributed by atoms with Gasteiger partial charge in [-0.15, -0.1) is 6.58 Å². The summed E-state index contributed by atoms with van der Waals surface area (Å²) in [7, 11) is 0. The van der Waals surface area contributed by atoms with Crippen molar-refractivity contribution >= 4 is 34.3 Å². The largest absolute Gasteiger partial charge is 0.490 e. The van der Waals surface area contributed by atoms with Gasteiger partial charge in [-0.3, -0.25) is 5.43 Å². The van der Waals surface area contributed by atoms with E-state index in [2.05, 4.69) is 52.8 Å². The summed E-state index contributed by atoms with van der Waals surface area (Å²) in [5.41, 5.74) is 5.81. The number of nitrogens with zero attached hydrogens (tertiary/aromatic N) is 1. The number of hydrazone groups is 1. The fourth-order valence-corrected chi connectivity index (χ4v) is 3.62. The Morgan fingerprint density at radius 1 is 1.06 bits per heavy atom. The lowest BCUT2D eigenvalue weighted by molar-refractivity contribution is 0.268. The predicted molar refractivity (Wildman–Crippen MR) is 137 cm³/mol. The normalized spacial score (nSPS) is 10.8. The van der Waals surface area contributed by atoms with Crippen LogP contribution in [0.15, 0.2) is 72.4 Å². The number of fused-ring (bicyclic) bond motifs is 1. The second-order valence-electron chi connectivity index (χ2n) is 7.09. The summed E-state index contributed by atoms with van der Waals surface area (Å²) in [5, 5.41) is 10.1. The Hall–Kier alpha value is -3.38. The van der Waals surface area contributed by atoms with Crippen molar-refractivity contribution in [3.05, 3.63) is 83.9 Å². The van der Waals surface area contributed by atoms with E-state index in [1.165, 1.54) is 10.8 Å². The molecule has 0 aliphatic heterocycles. The molecule has 166 valence electrons. The summed E-state index contributed by atoms with van der Waals surface area (Å²) in [6.07, 6.45) is 4.22. The maximum atomic E-state index is 6.33. The molecule has 0 unspecified atom stereocenters. The van der Waals surface area contributed by atoms with Crippen molar-refractivity contribution in [1.29, 1.82) is 0 Å². The smallest absolute Gasteiger partial charge is 0.186 e. The van der Waals surface area contributed by atoms with Gasteiger partial charge in [0.25, 0.3) is 0 Å². The number of benzene rings is 3. The van der Waals surface area contributed by atoms with Crippen molar-refractivity contribution in [1.82, 2.24) is 10.7 Å². The Morgan fingerprint density at radius 3 is 2.66 bits per heavy atom. The number of rotatable bonds is 10. The van der Waals surface area contributed by atoms with Gasteiger partial charge in [-0.1, -0.05) is 48.5 Å². The standard InChI is InChI=1S/C26H29N3O2S/c1-4-10-21-15-19(17-28-29-26(32)27-5-2)16-24(30-6-3)25(21)31-18-22-13-9-12-20-11-7-8-14-23(20)22/h4,7-9,11-17H,1,5-6,10,18H2,2-3H3,(H2,27,29,32). The minimum absolute atomic E-state index is 0.442. The molecule has 0 aromatic heterocycles.